The molecule has 1 aliphatic rings. The second-order valence-corrected chi connectivity index (χ2v) is 6.30. The van der Waals surface area contributed by atoms with Crippen LogP contribution in [0.2, 0.25) is 0 Å². The molecule has 1 N–H and O–H groups in total. The molecule has 1 atom stereocenters. The summed E-state index contributed by atoms with van der Waals surface area (Å²) in [5.41, 5.74) is 1.33. The normalized spacial score (nSPS) is 16.8. The third-order valence-electron chi connectivity index (χ3n) is 3.69. The van der Waals surface area contributed by atoms with Gasteiger partial charge in [0.15, 0.2) is 16.7 Å². The van der Waals surface area contributed by atoms with E-state index in [0.29, 0.717) is 28.8 Å². The van der Waals surface area contributed by atoms with E-state index in [2.05, 4.69) is 15.3 Å². The van der Waals surface area contributed by atoms with E-state index in [4.69, 9.17) is 9.47 Å². The average molecular weight is 363 g/mol. The van der Waals surface area contributed by atoms with E-state index in [9.17, 15) is 9.59 Å². The second-order valence-electron chi connectivity index (χ2n) is 5.35. The topological polar surface area (TPSA) is 89.4 Å². The standard InChI is InChI=1S/C17H21N3O4S/c1-5-12-10(2)18-17(20-16(12)22)25-9-15(21)19-11-6-7-13(23-3)14(8-11)24-4/h6-8,12H,5,9H2,1-4H3,(H,19,21). The van der Waals surface area contributed by atoms with Crippen molar-refractivity contribution in [1.82, 2.24) is 0 Å². The molecule has 0 aromatic heterocycles. The highest BCUT2D eigenvalue weighted by atomic mass is 32.2. The number of methoxy groups -OCH3 is 2. The van der Waals surface area contributed by atoms with Crippen molar-refractivity contribution in [3.63, 3.8) is 0 Å². The molecule has 0 spiro atoms. The average Bonchev–Trinajstić information content (AvgIpc) is 2.59. The Balaban J connectivity index is 1.94. The Bertz CT molecular complexity index is 731. The summed E-state index contributed by atoms with van der Waals surface area (Å²) in [5, 5.41) is 3.09. The van der Waals surface area contributed by atoms with E-state index < -0.39 is 0 Å². The Hall–Kier alpha value is -2.35. The lowest BCUT2D eigenvalue weighted by molar-refractivity contribution is -0.119. The number of thioether (sulfide) groups is 1. The van der Waals surface area contributed by atoms with Gasteiger partial charge >= 0.3 is 0 Å². The third kappa shape index (κ3) is 4.82. The van der Waals surface area contributed by atoms with Gasteiger partial charge in [-0.15, -0.1) is 0 Å². The number of amides is 2. The van der Waals surface area contributed by atoms with Crippen LogP contribution in [0.25, 0.3) is 0 Å². The summed E-state index contributed by atoms with van der Waals surface area (Å²) in [6.07, 6.45) is 0.676. The van der Waals surface area contributed by atoms with Crippen LogP contribution in [0.4, 0.5) is 5.69 Å². The molecule has 0 fully saturated rings. The maximum Gasteiger partial charge on any atom is 0.256 e. The molecule has 25 heavy (non-hydrogen) atoms. The highest BCUT2D eigenvalue weighted by molar-refractivity contribution is 8.14. The number of benzene rings is 1. The van der Waals surface area contributed by atoms with Crippen molar-refractivity contribution >= 4 is 40.1 Å². The van der Waals surface area contributed by atoms with Crippen LogP contribution in [0.5, 0.6) is 11.5 Å². The Labute approximate surface area is 150 Å². The van der Waals surface area contributed by atoms with Gasteiger partial charge in [-0.25, -0.2) is 4.99 Å². The number of nitrogens with zero attached hydrogens (tertiary/aromatic N) is 2. The third-order valence-corrected chi connectivity index (χ3v) is 4.54. The monoisotopic (exact) mass is 363 g/mol. The van der Waals surface area contributed by atoms with Crippen molar-refractivity contribution in [2.45, 2.75) is 20.3 Å². The fourth-order valence-electron chi connectivity index (χ4n) is 2.38. The number of rotatable bonds is 6. The zero-order valence-corrected chi connectivity index (χ0v) is 15.5. The number of aliphatic imine (C=N–C) groups is 2. The zero-order valence-electron chi connectivity index (χ0n) is 14.7. The molecule has 1 aliphatic heterocycles. The lowest BCUT2D eigenvalue weighted by atomic mass is 10.0. The minimum Gasteiger partial charge on any atom is -0.493 e. The molecular formula is C17H21N3O4S. The van der Waals surface area contributed by atoms with Crippen LogP contribution in [0.15, 0.2) is 28.2 Å². The van der Waals surface area contributed by atoms with E-state index in [1.807, 2.05) is 13.8 Å². The summed E-state index contributed by atoms with van der Waals surface area (Å²) in [6, 6.07) is 5.11. The van der Waals surface area contributed by atoms with Gasteiger partial charge in [0.1, 0.15) is 0 Å². The van der Waals surface area contributed by atoms with Crippen molar-refractivity contribution in [3.8, 4) is 11.5 Å². The highest BCUT2D eigenvalue weighted by Crippen LogP contribution is 2.29. The number of carbonyl (C=O) groups excluding carboxylic acids is 2. The molecule has 7 nitrogen and oxygen atoms in total. The van der Waals surface area contributed by atoms with Crippen LogP contribution in [-0.4, -0.2) is 42.7 Å². The number of carbonyl (C=O) groups is 2. The van der Waals surface area contributed by atoms with Gasteiger partial charge in [0.25, 0.3) is 5.91 Å². The summed E-state index contributed by atoms with van der Waals surface area (Å²) < 4.78 is 10.4. The number of hydrogen-bond acceptors (Lipinski definition) is 6. The molecule has 2 amide bonds. The fraction of sp³-hybridized carbons (Fsp3) is 0.412. The Morgan fingerprint density at radius 2 is 1.96 bits per heavy atom. The fourth-order valence-corrected chi connectivity index (χ4v) is 3.08. The molecule has 1 heterocycles. The number of ether oxygens (including phenoxy) is 2. The lowest BCUT2D eigenvalue weighted by Crippen LogP contribution is -2.25. The number of amidine groups is 1. The van der Waals surface area contributed by atoms with Gasteiger partial charge < -0.3 is 14.8 Å². The molecule has 0 bridgehead atoms. The van der Waals surface area contributed by atoms with Crippen molar-refractivity contribution in [2.24, 2.45) is 15.9 Å². The molecule has 2 rings (SSSR count). The van der Waals surface area contributed by atoms with E-state index >= 15 is 0 Å². The molecule has 1 aromatic rings. The van der Waals surface area contributed by atoms with Crippen LogP contribution in [0, 0.1) is 5.92 Å². The first kappa shape index (κ1) is 19.0. The first-order valence-corrected chi connectivity index (χ1v) is 8.79. The zero-order chi connectivity index (χ0) is 18.4. The van der Waals surface area contributed by atoms with Gasteiger partial charge in [-0.2, -0.15) is 4.99 Å². The van der Waals surface area contributed by atoms with Gasteiger partial charge in [-0.05, 0) is 25.5 Å². The van der Waals surface area contributed by atoms with E-state index in [1.165, 1.54) is 7.11 Å². The molecule has 0 radical (unpaired) electrons. The minimum atomic E-state index is -0.245. The summed E-state index contributed by atoms with van der Waals surface area (Å²) in [7, 11) is 3.08. The first-order valence-electron chi connectivity index (χ1n) is 7.80. The van der Waals surface area contributed by atoms with Crippen molar-refractivity contribution < 1.29 is 19.1 Å². The number of hydrogen-bond donors (Lipinski definition) is 1. The molecule has 8 heteroatoms. The molecule has 1 aromatic carbocycles. The van der Waals surface area contributed by atoms with E-state index in [1.54, 1.807) is 25.3 Å². The second kappa shape index (κ2) is 8.66. The summed E-state index contributed by atoms with van der Waals surface area (Å²) in [6.45, 7) is 3.73. The quantitative estimate of drug-likeness (QED) is 0.839. The summed E-state index contributed by atoms with van der Waals surface area (Å²) >= 11 is 1.14. The predicted molar refractivity (Wildman–Crippen MR) is 100.0 cm³/mol. The smallest absolute Gasteiger partial charge is 0.256 e. The predicted octanol–water partition coefficient (Wildman–Crippen LogP) is 2.76. The van der Waals surface area contributed by atoms with Gasteiger partial charge in [0.05, 0.1) is 25.9 Å². The summed E-state index contributed by atoms with van der Waals surface area (Å²) in [4.78, 5) is 32.3. The largest absolute Gasteiger partial charge is 0.493 e. The van der Waals surface area contributed by atoms with Gasteiger partial charge in [0, 0.05) is 17.5 Å². The van der Waals surface area contributed by atoms with Crippen molar-refractivity contribution in [3.05, 3.63) is 18.2 Å². The minimum absolute atomic E-state index is 0.105. The lowest BCUT2D eigenvalue weighted by Gasteiger charge is -2.16. The van der Waals surface area contributed by atoms with Crippen LogP contribution < -0.4 is 14.8 Å². The van der Waals surface area contributed by atoms with Crippen LogP contribution >= 0.6 is 11.8 Å². The van der Waals surface area contributed by atoms with Gasteiger partial charge in [0.2, 0.25) is 5.91 Å². The number of anilines is 1. The Morgan fingerprint density at radius 3 is 2.56 bits per heavy atom. The Kier molecular flexibility index (Phi) is 6.58. The van der Waals surface area contributed by atoms with Crippen LogP contribution in [0.1, 0.15) is 20.3 Å². The molecule has 134 valence electrons. The van der Waals surface area contributed by atoms with Crippen LogP contribution in [0.3, 0.4) is 0 Å². The van der Waals surface area contributed by atoms with Crippen LogP contribution in [-0.2, 0) is 9.59 Å². The Morgan fingerprint density at radius 1 is 1.24 bits per heavy atom. The highest BCUT2D eigenvalue weighted by Gasteiger charge is 2.24. The maximum atomic E-state index is 12.1. The van der Waals surface area contributed by atoms with Gasteiger partial charge in [-0.3, -0.25) is 9.59 Å². The molecule has 0 aliphatic carbocycles. The van der Waals surface area contributed by atoms with E-state index in [-0.39, 0.29) is 23.5 Å². The summed E-state index contributed by atoms with van der Waals surface area (Å²) in [5.74, 6) is 0.551. The van der Waals surface area contributed by atoms with Crippen molar-refractivity contribution in [2.75, 3.05) is 25.3 Å². The maximum absolute atomic E-state index is 12.1. The molecule has 0 saturated heterocycles. The van der Waals surface area contributed by atoms with E-state index in [0.717, 1.165) is 17.5 Å². The number of nitrogens with one attached hydrogen (secondary N) is 1. The van der Waals surface area contributed by atoms with Crippen molar-refractivity contribution in [1.29, 1.82) is 0 Å². The van der Waals surface area contributed by atoms with Gasteiger partial charge in [-0.1, -0.05) is 18.7 Å². The molecule has 1 unspecified atom stereocenters. The molecular weight excluding hydrogens is 342 g/mol. The SMILES string of the molecule is CCC1C(=O)N=C(SCC(=O)Nc2ccc(OC)c(OC)c2)N=C1C. The first-order chi connectivity index (χ1) is 12.0. The molecule has 0 saturated carbocycles.